The fourth-order valence-corrected chi connectivity index (χ4v) is 1.78. The van der Waals surface area contributed by atoms with Crippen LogP contribution in [0.1, 0.15) is 32.8 Å². The van der Waals surface area contributed by atoms with Crippen molar-refractivity contribution in [3.63, 3.8) is 0 Å². The van der Waals surface area contributed by atoms with E-state index < -0.39 is 0 Å². The molecule has 0 bridgehead atoms. The van der Waals surface area contributed by atoms with Gasteiger partial charge in [0.05, 0.1) is 0 Å². The summed E-state index contributed by atoms with van der Waals surface area (Å²) in [5, 5.41) is 0. The van der Waals surface area contributed by atoms with Crippen molar-refractivity contribution < 1.29 is 0 Å². The highest BCUT2D eigenvalue weighted by molar-refractivity contribution is 5.62. The Labute approximate surface area is 109 Å². The minimum Gasteiger partial charge on any atom is -0.329 e. The van der Waals surface area contributed by atoms with Crippen LogP contribution in [-0.2, 0) is 6.42 Å². The number of benzene rings is 1. The molecule has 2 nitrogen and oxygen atoms in total. The molecular formula is C16H21NO. The first kappa shape index (κ1) is 14.2. The highest BCUT2D eigenvalue weighted by Crippen LogP contribution is 2.18. The molecule has 0 radical (unpaired) electrons. The summed E-state index contributed by atoms with van der Waals surface area (Å²) in [5.74, 6) is 0. The molecule has 0 fully saturated rings. The summed E-state index contributed by atoms with van der Waals surface area (Å²) < 4.78 is 0. The van der Waals surface area contributed by atoms with Crippen molar-refractivity contribution in [2.45, 2.75) is 33.6 Å². The fourth-order valence-electron chi connectivity index (χ4n) is 1.78. The van der Waals surface area contributed by atoms with Gasteiger partial charge in [0.15, 0.2) is 0 Å². The molecule has 1 N–H and O–H groups in total. The number of H-pyrrole nitrogens is 1. The van der Waals surface area contributed by atoms with E-state index in [1.54, 1.807) is 12.3 Å². The molecule has 0 unspecified atom stereocenters. The second kappa shape index (κ2) is 7.49. The number of hydrogen-bond donors (Lipinski definition) is 1. The van der Waals surface area contributed by atoms with Gasteiger partial charge in [-0.2, -0.15) is 0 Å². The lowest BCUT2D eigenvalue weighted by Gasteiger charge is -2.02. The molecule has 0 saturated carbocycles. The third-order valence-electron chi connectivity index (χ3n) is 2.60. The molecule has 0 atom stereocenters. The number of pyridine rings is 1. The van der Waals surface area contributed by atoms with E-state index in [9.17, 15) is 4.79 Å². The summed E-state index contributed by atoms with van der Waals surface area (Å²) in [6.07, 6.45) is 3.94. The molecular weight excluding hydrogens is 222 g/mol. The van der Waals surface area contributed by atoms with Crippen LogP contribution in [0.5, 0.6) is 0 Å². The molecule has 0 spiro atoms. The molecule has 0 aliphatic heterocycles. The van der Waals surface area contributed by atoms with Crippen molar-refractivity contribution in [1.82, 2.24) is 4.98 Å². The highest BCUT2D eigenvalue weighted by Gasteiger charge is 1.98. The van der Waals surface area contributed by atoms with Crippen LogP contribution in [0.4, 0.5) is 0 Å². The van der Waals surface area contributed by atoms with Gasteiger partial charge in [-0.15, -0.1) is 0 Å². The van der Waals surface area contributed by atoms with Crippen molar-refractivity contribution >= 4 is 0 Å². The number of aryl methyl sites for hydroxylation is 1. The molecule has 2 heteroatoms. The lowest BCUT2D eigenvalue weighted by molar-refractivity contribution is 0.922. The van der Waals surface area contributed by atoms with Crippen LogP contribution >= 0.6 is 0 Å². The van der Waals surface area contributed by atoms with E-state index in [1.807, 2.05) is 19.9 Å². The monoisotopic (exact) mass is 243 g/mol. The van der Waals surface area contributed by atoms with Gasteiger partial charge < -0.3 is 4.98 Å². The molecule has 1 aromatic heterocycles. The topological polar surface area (TPSA) is 32.9 Å². The quantitative estimate of drug-likeness (QED) is 0.867. The first-order valence-electron chi connectivity index (χ1n) is 6.57. The Morgan fingerprint density at radius 2 is 1.67 bits per heavy atom. The van der Waals surface area contributed by atoms with E-state index >= 15 is 0 Å². The van der Waals surface area contributed by atoms with Gasteiger partial charge in [-0.05, 0) is 29.2 Å². The summed E-state index contributed by atoms with van der Waals surface area (Å²) >= 11 is 0. The Hall–Kier alpha value is -1.83. The van der Waals surface area contributed by atoms with Crippen LogP contribution in [0, 0.1) is 0 Å². The molecule has 0 saturated heterocycles. The van der Waals surface area contributed by atoms with Crippen molar-refractivity contribution in [1.29, 1.82) is 0 Å². The number of aromatic amines is 1. The van der Waals surface area contributed by atoms with Crippen LogP contribution in [0.2, 0.25) is 0 Å². The van der Waals surface area contributed by atoms with Gasteiger partial charge in [-0.1, -0.05) is 51.5 Å². The lowest BCUT2D eigenvalue weighted by Crippen LogP contribution is -2.01. The van der Waals surface area contributed by atoms with E-state index in [1.165, 1.54) is 5.56 Å². The fraction of sp³-hybridized carbons (Fsp3) is 0.312. The van der Waals surface area contributed by atoms with Crippen molar-refractivity contribution in [2.75, 3.05) is 0 Å². The Morgan fingerprint density at radius 3 is 2.22 bits per heavy atom. The third-order valence-corrected chi connectivity index (χ3v) is 2.60. The van der Waals surface area contributed by atoms with Gasteiger partial charge in [0.2, 0.25) is 5.56 Å². The second-order valence-electron chi connectivity index (χ2n) is 3.89. The molecule has 2 aromatic rings. The molecule has 1 heterocycles. The minimum atomic E-state index is -0.0601. The molecule has 18 heavy (non-hydrogen) atoms. The smallest absolute Gasteiger partial charge is 0.248 e. The van der Waals surface area contributed by atoms with E-state index in [4.69, 9.17) is 0 Å². The predicted octanol–water partition coefficient (Wildman–Crippen LogP) is 4.02. The number of nitrogens with one attached hydrogen (secondary N) is 1. The largest absolute Gasteiger partial charge is 0.329 e. The second-order valence-corrected chi connectivity index (χ2v) is 3.89. The van der Waals surface area contributed by atoms with E-state index in [0.717, 1.165) is 24.0 Å². The Balaban J connectivity index is 0.000000771. The predicted molar refractivity (Wildman–Crippen MR) is 77.8 cm³/mol. The maximum absolute atomic E-state index is 11.2. The third kappa shape index (κ3) is 3.88. The summed E-state index contributed by atoms with van der Waals surface area (Å²) in [4.78, 5) is 13.8. The van der Waals surface area contributed by atoms with E-state index in [2.05, 4.69) is 36.2 Å². The number of hydrogen-bond acceptors (Lipinski definition) is 1. The molecule has 1 aromatic carbocycles. The first-order chi connectivity index (χ1) is 8.79. The average Bonchev–Trinajstić information content (AvgIpc) is 2.42. The van der Waals surface area contributed by atoms with Gasteiger partial charge in [0.1, 0.15) is 0 Å². The molecule has 96 valence electrons. The van der Waals surface area contributed by atoms with Gasteiger partial charge in [-0.3, -0.25) is 4.79 Å². The molecule has 0 amide bonds. The maximum atomic E-state index is 11.2. The zero-order valence-electron chi connectivity index (χ0n) is 11.4. The van der Waals surface area contributed by atoms with Crippen LogP contribution in [-0.4, -0.2) is 4.98 Å². The number of rotatable bonds is 3. The SMILES string of the molecule is CC.CCCc1ccc(-c2cc[nH]c(=O)c2)cc1. The van der Waals surface area contributed by atoms with Gasteiger partial charge in [0.25, 0.3) is 0 Å². The summed E-state index contributed by atoms with van der Waals surface area (Å²) in [5.41, 5.74) is 3.34. The normalized spacial score (nSPS) is 9.50. The van der Waals surface area contributed by atoms with Crippen LogP contribution in [0.25, 0.3) is 11.1 Å². The van der Waals surface area contributed by atoms with E-state index in [0.29, 0.717) is 0 Å². The van der Waals surface area contributed by atoms with E-state index in [-0.39, 0.29) is 5.56 Å². The maximum Gasteiger partial charge on any atom is 0.248 e. The summed E-state index contributed by atoms with van der Waals surface area (Å²) in [7, 11) is 0. The first-order valence-corrected chi connectivity index (χ1v) is 6.57. The van der Waals surface area contributed by atoms with Crippen LogP contribution in [0.15, 0.2) is 47.4 Å². The Morgan fingerprint density at radius 1 is 1.00 bits per heavy atom. The Bertz CT molecular complexity index is 511. The van der Waals surface area contributed by atoms with Gasteiger partial charge in [-0.25, -0.2) is 0 Å². The van der Waals surface area contributed by atoms with Crippen LogP contribution in [0.3, 0.4) is 0 Å². The molecule has 2 rings (SSSR count). The lowest BCUT2D eigenvalue weighted by atomic mass is 10.0. The molecule has 0 aliphatic carbocycles. The van der Waals surface area contributed by atoms with Gasteiger partial charge in [0, 0.05) is 12.3 Å². The minimum absolute atomic E-state index is 0.0601. The zero-order valence-corrected chi connectivity index (χ0v) is 11.4. The van der Waals surface area contributed by atoms with Gasteiger partial charge >= 0.3 is 0 Å². The highest BCUT2D eigenvalue weighted by atomic mass is 16.1. The summed E-state index contributed by atoms with van der Waals surface area (Å²) in [6, 6.07) is 11.9. The standard InChI is InChI=1S/C14H15NO.C2H6/c1-2-3-11-4-6-12(7-5-11)13-8-9-15-14(16)10-13;1-2/h4-10H,2-3H2,1H3,(H,15,16);1-2H3. The van der Waals surface area contributed by atoms with Crippen molar-refractivity contribution in [2.24, 2.45) is 0 Å². The van der Waals surface area contributed by atoms with Crippen molar-refractivity contribution in [3.05, 3.63) is 58.5 Å². The summed E-state index contributed by atoms with van der Waals surface area (Å²) in [6.45, 7) is 6.17. The van der Waals surface area contributed by atoms with Crippen molar-refractivity contribution in [3.8, 4) is 11.1 Å². The molecule has 0 aliphatic rings. The van der Waals surface area contributed by atoms with Crippen LogP contribution < -0.4 is 5.56 Å². The zero-order chi connectivity index (χ0) is 13.4. The average molecular weight is 243 g/mol. The number of aromatic nitrogens is 1. The Kier molecular flexibility index (Phi) is 5.92.